The normalized spacial score (nSPS) is 20.6. The fraction of sp³-hybridized carbons (Fsp3) is 0.667. The molecular formula is C15H26N4. The molecule has 0 spiro atoms. The summed E-state index contributed by atoms with van der Waals surface area (Å²) in [7, 11) is 0. The van der Waals surface area contributed by atoms with Crippen LogP contribution in [-0.2, 0) is 0 Å². The van der Waals surface area contributed by atoms with E-state index in [2.05, 4.69) is 46.9 Å². The molecule has 1 N–H and O–H groups in total. The van der Waals surface area contributed by atoms with Crippen molar-refractivity contribution < 1.29 is 0 Å². The Morgan fingerprint density at radius 2 is 2.16 bits per heavy atom. The van der Waals surface area contributed by atoms with Gasteiger partial charge in [0.2, 0.25) is 0 Å². The number of likely N-dealkylation sites (N-methyl/N-ethyl adjacent to an activating group) is 1. The van der Waals surface area contributed by atoms with E-state index in [0.29, 0.717) is 6.04 Å². The Bertz CT molecular complexity index is 393. The molecule has 0 bridgehead atoms. The first kappa shape index (κ1) is 14.1. The number of nitrogens with zero attached hydrogens (tertiary/aromatic N) is 3. The summed E-state index contributed by atoms with van der Waals surface area (Å²) in [4.78, 5) is 9.34. The molecule has 4 heteroatoms. The van der Waals surface area contributed by atoms with Crippen molar-refractivity contribution in [2.75, 3.05) is 42.9 Å². The van der Waals surface area contributed by atoms with E-state index in [4.69, 9.17) is 0 Å². The third kappa shape index (κ3) is 3.60. The minimum absolute atomic E-state index is 0.617. The number of hydrogen-bond donors (Lipinski definition) is 1. The van der Waals surface area contributed by atoms with Crippen molar-refractivity contribution in [3.8, 4) is 0 Å². The molecule has 0 aromatic carbocycles. The average Bonchev–Trinajstić information content (AvgIpc) is 2.45. The molecule has 0 aliphatic carbocycles. The molecule has 106 valence electrons. The van der Waals surface area contributed by atoms with Gasteiger partial charge in [0, 0.05) is 32.2 Å². The Balaban J connectivity index is 2.02. The van der Waals surface area contributed by atoms with Gasteiger partial charge in [0.05, 0.1) is 23.8 Å². The van der Waals surface area contributed by atoms with Gasteiger partial charge < -0.3 is 10.2 Å². The van der Waals surface area contributed by atoms with E-state index in [9.17, 15) is 0 Å². The van der Waals surface area contributed by atoms with Gasteiger partial charge in [0.1, 0.15) is 0 Å². The fourth-order valence-corrected chi connectivity index (χ4v) is 2.67. The Kier molecular flexibility index (Phi) is 5.02. The maximum Gasteiger partial charge on any atom is 0.0574 e. The molecule has 19 heavy (non-hydrogen) atoms. The Hall–Kier alpha value is -1.29. The summed E-state index contributed by atoms with van der Waals surface area (Å²) in [5.41, 5.74) is 2.37. The number of hydrogen-bond acceptors (Lipinski definition) is 4. The molecule has 1 saturated heterocycles. The third-order valence-electron chi connectivity index (χ3n) is 3.84. The summed E-state index contributed by atoms with van der Waals surface area (Å²) >= 11 is 0. The number of anilines is 2. The molecule has 0 amide bonds. The predicted molar refractivity (Wildman–Crippen MR) is 81.9 cm³/mol. The van der Waals surface area contributed by atoms with Crippen LogP contribution in [0.4, 0.5) is 11.4 Å². The highest BCUT2D eigenvalue weighted by atomic mass is 15.3. The topological polar surface area (TPSA) is 31.4 Å². The van der Waals surface area contributed by atoms with Crippen LogP contribution in [-0.4, -0.2) is 48.6 Å². The van der Waals surface area contributed by atoms with E-state index < -0.39 is 0 Å². The molecule has 1 aromatic heterocycles. The fourth-order valence-electron chi connectivity index (χ4n) is 2.67. The van der Waals surface area contributed by atoms with E-state index >= 15 is 0 Å². The molecule has 0 radical (unpaired) electrons. The van der Waals surface area contributed by atoms with Crippen molar-refractivity contribution in [1.29, 1.82) is 0 Å². The molecule has 1 aliphatic heterocycles. The maximum absolute atomic E-state index is 4.36. The molecule has 0 saturated carbocycles. The van der Waals surface area contributed by atoms with Crippen molar-refractivity contribution in [3.05, 3.63) is 18.5 Å². The van der Waals surface area contributed by atoms with E-state index in [1.165, 1.54) is 5.69 Å². The van der Waals surface area contributed by atoms with Crippen molar-refractivity contribution in [3.63, 3.8) is 0 Å². The van der Waals surface area contributed by atoms with E-state index in [1.807, 2.05) is 12.4 Å². The third-order valence-corrected chi connectivity index (χ3v) is 3.84. The van der Waals surface area contributed by atoms with Crippen LogP contribution in [0.3, 0.4) is 0 Å². The molecule has 1 aromatic rings. The zero-order chi connectivity index (χ0) is 13.7. The molecule has 1 atom stereocenters. The Morgan fingerprint density at radius 3 is 2.84 bits per heavy atom. The summed E-state index contributed by atoms with van der Waals surface area (Å²) in [6.45, 7) is 12.2. The van der Waals surface area contributed by atoms with Crippen molar-refractivity contribution in [2.24, 2.45) is 0 Å². The summed E-state index contributed by atoms with van der Waals surface area (Å²) in [6, 6.07) is 2.84. The molecule has 4 nitrogen and oxygen atoms in total. The largest absolute Gasteiger partial charge is 0.384 e. The lowest BCUT2D eigenvalue weighted by atomic mass is 10.1. The Morgan fingerprint density at radius 1 is 1.32 bits per heavy atom. The number of nitrogens with one attached hydrogen (secondary N) is 1. The van der Waals surface area contributed by atoms with E-state index in [1.54, 1.807) is 0 Å². The van der Waals surface area contributed by atoms with Crippen molar-refractivity contribution in [1.82, 2.24) is 9.88 Å². The second-order valence-corrected chi connectivity index (χ2v) is 5.28. The van der Waals surface area contributed by atoms with Crippen LogP contribution in [0.2, 0.25) is 0 Å². The van der Waals surface area contributed by atoms with Crippen molar-refractivity contribution >= 4 is 11.4 Å². The molecule has 1 aliphatic rings. The number of rotatable bonds is 5. The molecule has 1 fully saturated rings. The summed E-state index contributed by atoms with van der Waals surface area (Å²) < 4.78 is 0. The zero-order valence-corrected chi connectivity index (χ0v) is 12.4. The highest BCUT2D eigenvalue weighted by molar-refractivity contribution is 5.56. The predicted octanol–water partition coefficient (Wildman–Crippen LogP) is 2.43. The van der Waals surface area contributed by atoms with Crippen LogP contribution >= 0.6 is 0 Å². The van der Waals surface area contributed by atoms with Gasteiger partial charge in [-0.3, -0.25) is 9.88 Å². The number of piperazine rings is 1. The minimum atomic E-state index is 0.617. The van der Waals surface area contributed by atoms with E-state index in [0.717, 1.165) is 44.8 Å². The molecular weight excluding hydrogens is 236 g/mol. The van der Waals surface area contributed by atoms with Crippen molar-refractivity contribution in [2.45, 2.75) is 33.2 Å². The van der Waals surface area contributed by atoms with Gasteiger partial charge in [0.25, 0.3) is 0 Å². The lowest BCUT2D eigenvalue weighted by Gasteiger charge is -2.40. The highest BCUT2D eigenvalue weighted by Gasteiger charge is 2.22. The van der Waals surface area contributed by atoms with E-state index in [-0.39, 0.29) is 0 Å². The second kappa shape index (κ2) is 6.75. The van der Waals surface area contributed by atoms with Gasteiger partial charge in [-0.1, -0.05) is 13.8 Å². The first-order valence-corrected chi connectivity index (χ1v) is 7.42. The van der Waals surface area contributed by atoms with Gasteiger partial charge in [-0.2, -0.15) is 0 Å². The lowest BCUT2D eigenvalue weighted by Crippen LogP contribution is -2.51. The van der Waals surface area contributed by atoms with Crippen LogP contribution in [0.5, 0.6) is 0 Å². The molecule has 2 heterocycles. The van der Waals surface area contributed by atoms with Gasteiger partial charge in [0.15, 0.2) is 0 Å². The van der Waals surface area contributed by atoms with Crippen LogP contribution in [0.25, 0.3) is 0 Å². The summed E-state index contributed by atoms with van der Waals surface area (Å²) in [6.07, 6.45) is 5.02. The lowest BCUT2D eigenvalue weighted by molar-refractivity contribution is 0.199. The molecule has 1 unspecified atom stereocenters. The first-order chi connectivity index (χ1) is 9.24. The summed E-state index contributed by atoms with van der Waals surface area (Å²) in [5.74, 6) is 0. The van der Waals surface area contributed by atoms with Crippen LogP contribution < -0.4 is 10.2 Å². The quantitative estimate of drug-likeness (QED) is 0.883. The average molecular weight is 262 g/mol. The van der Waals surface area contributed by atoms with Crippen LogP contribution in [0.1, 0.15) is 27.2 Å². The van der Waals surface area contributed by atoms with Gasteiger partial charge in [-0.25, -0.2) is 0 Å². The zero-order valence-electron chi connectivity index (χ0n) is 12.4. The second-order valence-electron chi connectivity index (χ2n) is 5.28. The number of pyridine rings is 1. The van der Waals surface area contributed by atoms with Crippen LogP contribution in [0, 0.1) is 0 Å². The minimum Gasteiger partial charge on any atom is -0.384 e. The van der Waals surface area contributed by atoms with Gasteiger partial charge >= 0.3 is 0 Å². The molecule has 2 rings (SSSR count). The maximum atomic E-state index is 4.36. The highest BCUT2D eigenvalue weighted by Crippen LogP contribution is 2.21. The first-order valence-electron chi connectivity index (χ1n) is 7.42. The SMILES string of the molecule is CCCNc1cncc(N2CCN(CC)C(C)C2)c1. The van der Waals surface area contributed by atoms with Gasteiger partial charge in [-0.15, -0.1) is 0 Å². The summed E-state index contributed by atoms with van der Waals surface area (Å²) in [5, 5.41) is 3.41. The van der Waals surface area contributed by atoms with Crippen LogP contribution in [0.15, 0.2) is 18.5 Å². The standard InChI is InChI=1S/C15H26N4/c1-4-6-17-14-9-15(11-16-10-14)19-8-7-18(5-2)13(3)12-19/h9-11,13,17H,4-8,12H2,1-3H3. The van der Waals surface area contributed by atoms with Gasteiger partial charge in [-0.05, 0) is 26.0 Å². The monoisotopic (exact) mass is 262 g/mol. The Labute approximate surface area is 116 Å². The number of aromatic nitrogens is 1. The smallest absolute Gasteiger partial charge is 0.0574 e.